The number of allylic oxidation sites excluding steroid dienone is 8. The van der Waals surface area contributed by atoms with Gasteiger partial charge in [0.2, 0.25) is 0 Å². The van der Waals surface area contributed by atoms with Crippen molar-refractivity contribution in [3.05, 3.63) is 48.6 Å². The van der Waals surface area contributed by atoms with Gasteiger partial charge in [0.15, 0.2) is 6.10 Å². The van der Waals surface area contributed by atoms with Crippen LogP contribution in [0.2, 0.25) is 0 Å². The molecule has 0 saturated heterocycles. The number of esters is 3. The third kappa shape index (κ3) is 62.2. The summed E-state index contributed by atoms with van der Waals surface area (Å²) in [5, 5.41) is 0. The van der Waals surface area contributed by atoms with Crippen LogP contribution in [0, 0.1) is 0 Å². The Kier molecular flexibility index (Phi) is 62.6. The molecule has 0 N–H and O–H groups in total. The molecule has 0 bridgehead atoms. The second-order valence-corrected chi connectivity index (χ2v) is 22.7. The van der Waals surface area contributed by atoms with Crippen molar-refractivity contribution in [3.63, 3.8) is 0 Å². The fourth-order valence-electron chi connectivity index (χ4n) is 10.0. The van der Waals surface area contributed by atoms with Crippen LogP contribution in [0.3, 0.4) is 0 Å². The Morgan fingerprint density at radius 1 is 0.276 bits per heavy atom. The van der Waals surface area contributed by atoms with Crippen LogP contribution in [-0.2, 0) is 28.6 Å². The maximum absolute atomic E-state index is 12.8. The molecule has 76 heavy (non-hydrogen) atoms. The normalized spacial score (nSPS) is 12.3. The maximum atomic E-state index is 12.8. The summed E-state index contributed by atoms with van der Waals surface area (Å²) in [7, 11) is 0. The Bertz CT molecular complexity index is 1310. The van der Waals surface area contributed by atoms with Crippen LogP contribution in [0.1, 0.15) is 361 Å². The summed E-state index contributed by atoms with van der Waals surface area (Å²) >= 11 is 0. The molecule has 0 aliphatic heterocycles. The molecular formula is C70H128O6. The van der Waals surface area contributed by atoms with Crippen molar-refractivity contribution >= 4 is 17.9 Å². The number of ether oxygens (including phenoxy) is 3. The predicted octanol–water partition coefficient (Wildman–Crippen LogP) is 22.9. The highest BCUT2D eigenvalue weighted by atomic mass is 16.6. The molecule has 0 aromatic carbocycles. The Morgan fingerprint density at radius 2 is 0.526 bits per heavy atom. The van der Waals surface area contributed by atoms with Crippen molar-refractivity contribution in [3.8, 4) is 0 Å². The van der Waals surface area contributed by atoms with Gasteiger partial charge in [0, 0.05) is 19.3 Å². The van der Waals surface area contributed by atoms with Crippen molar-refractivity contribution in [1.29, 1.82) is 0 Å². The average molecular weight is 1070 g/mol. The van der Waals surface area contributed by atoms with Crippen molar-refractivity contribution in [2.75, 3.05) is 13.2 Å². The van der Waals surface area contributed by atoms with E-state index in [1.165, 1.54) is 231 Å². The number of unbranched alkanes of at least 4 members (excludes halogenated alkanes) is 43. The van der Waals surface area contributed by atoms with Crippen LogP contribution in [0.15, 0.2) is 48.6 Å². The molecule has 0 heterocycles. The lowest BCUT2D eigenvalue weighted by Gasteiger charge is -2.18. The first-order chi connectivity index (χ1) is 37.5. The summed E-state index contributed by atoms with van der Waals surface area (Å²) in [4.78, 5) is 38.1. The van der Waals surface area contributed by atoms with Gasteiger partial charge in [-0.1, -0.05) is 320 Å². The Morgan fingerprint density at radius 3 is 0.868 bits per heavy atom. The zero-order chi connectivity index (χ0) is 55.0. The molecular weight excluding hydrogens is 937 g/mol. The summed E-state index contributed by atoms with van der Waals surface area (Å²) in [5.41, 5.74) is 0. The van der Waals surface area contributed by atoms with Gasteiger partial charge in [-0.2, -0.15) is 0 Å². The molecule has 0 aromatic heterocycles. The van der Waals surface area contributed by atoms with E-state index in [-0.39, 0.29) is 31.1 Å². The summed E-state index contributed by atoms with van der Waals surface area (Å²) in [6, 6.07) is 0. The Labute approximate surface area is 473 Å². The van der Waals surface area contributed by atoms with Gasteiger partial charge in [-0.3, -0.25) is 14.4 Å². The molecule has 1 unspecified atom stereocenters. The molecule has 444 valence electrons. The third-order valence-corrected chi connectivity index (χ3v) is 15.1. The fourth-order valence-corrected chi connectivity index (χ4v) is 10.0. The molecule has 0 rings (SSSR count). The lowest BCUT2D eigenvalue weighted by molar-refractivity contribution is -0.167. The smallest absolute Gasteiger partial charge is 0.306 e. The summed E-state index contributed by atoms with van der Waals surface area (Å²) < 4.78 is 16.8. The minimum atomic E-state index is -0.790. The number of rotatable bonds is 62. The van der Waals surface area contributed by atoms with E-state index >= 15 is 0 Å². The van der Waals surface area contributed by atoms with Crippen LogP contribution in [0.4, 0.5) is 0 Å². The zero-order valence-electron chi connectivity index (χ0n) is 51.0. The van der Waals surface area contributed by atoms with E-state index in [1.54, 1.807) is 0 Å². The van der Waals surface area contributed by atoms with Gasteiger partial charge in [-0.25, -0.2) is 0 Å². The van der Waals surface area contributed by atoms with Gasteiger partial charge in [-0.05, 0) is 70.6 Å². The topological polar surface area (TPSA) is 78.9 Å². The van der Waals surface area contributed by atoms with E-state index in [0.717, 1.165) is 89.9 Å². The van der Waals surface area contributed by atoms with Gasteiger partial charge in [-0.15, -0.1) is 0 Å². The number of carbonyl (C=O) groups is 3. The largest absolute Gasteiger partial charge is 0.462 e. The third-order valence-electron chi connectivity index (χ3n) is 15.1. The van der Waals surface area contributed by atoms with Crippen molar-refractivity contribution in [2.45, 2.75) is 367 Å². The van der Waals surface area contributed by atoms with Gasteiger partial charge >= 0.3 is 17.9 Å². The van der Waals surface area contributed by atoms with Crippen LogP contribution in [0.25, 0.3) is 0 Å². The molecule has 6 nitrogen and oxygen atoms in total. The minimum absolute atomic E-state index is 0.0848. The summed E-state index contributed by atoms with van der Waals surface area (Å²) in [5.74, 6) is -0.909. The standard InChI is InChI=1S/C70H128O6/c1-4-7-10-13-16-19-22-24-25-26-27-28-29-30-31-32-33-34-35-36-37-38-39-40-41-42-43-44-46-48-51-54-57-60-63-69(72)75-66-67(65-74-68(71)62-59-56-53-50-47-21-18-15-12-9-6-3)76-70(73)64-61-58-55-52-49-45-23-20-17-14-11-8-5-2/h8,11,15,17-18,20,45,49,67H,4-7,9-10,12-14,16,19,21-44,46-48,50-66H2,1-3H3/b11-8-,18-15-,20-17-,49-45-. The minimum Gasteiger partial charge on any atom is -0.462 e. The van der Waals surface area contributed by atoms with Crippen molar-refractivity contribution < 1.29 is 28.6 Å². The second kappa shape index (κ2) is 64.9. The Balaban J connectivity index is 4.00. The zero-order valence-corrected chi connectivity index (χ0v) is 51.0. The van der Waals surface area contributed by atoms with Crippen LogP contribution >= 0.6 is 0 Å². The molecule has 0 aliphatic rings. The van der Waals surface area contributed by atoms with Gasteiger partial charge in [0.25, 0.3) is 0 Å². The van der Waals surface area contributed by atoms with E-state index in [1.807, 2.05) is 0 Å². The van der Waals surface area contributed by atoms with Gasteiger partial charge in [0.05, 0.1) is 0 Å². The van der Waals surface area contributed by atoms with E-state index in [0.29, 0.717) is 19.3 Å². The number of hydrogen-bond donors (Lipinski definition) is 0. The lowest BCUT2D eigenvalue weighted by Crippen LogP contribution is -2.30. The van der Waals surface area contributed by atoms with Crippen LogP contribution in [-0.4, -0.2) is 37.2 Å². The van der Waals surface area contributed by atoms with Gasteiger partial charge < -0.3 is 14.2 Å². The Hall–Kier alpha value is -2.63. The molecule has 0 amide bonds. The van der Waals surface area contributed by atoms with Crippen molar-refractivity contribution in [1.82, 2.24) is 0 Å². The quantitative estimate of drug-likeness (QED) is 0.0261. The molecule has 0 saturated carbocycles. The highest BCUT2D eigenvalue weighted by molar-refractivity contribution is 5.71. The highest BCUT2D eigenvalue weighted by Crippen LogP contribution is 2.18. The highest BCUT2D eigenvalue weighted by Gasteiger charge is 2.19. The summed E-state index contributed by atoms with van der Waals surface area (Å²) in [6.07, 6.45) is 81.8. The molecule has 0 radical (unpaired) electrons. The average Bonchev–Trinajstić information content (AvgIpc) is 3.42. The second-order valence-electron chi connectivity index (χ2n) is 22.7. The van der Waals surface area contributed by atoms with E-state index in [9.17, 15) is 14.4 Å². The summed E-state index contributed by atoms with van der Waals surface area (Å²) in [6.45, 7) is 6.50. The SMILES string of the molecule is CC/C=C\C/C=C\C/C=C\CCCCCC(=O)OC(COC(=O)CCCCCCC/C=C\CCCC)COC(=O)CCCCCCCCCCCCCCCCCCCCCCCCCCCCCCCCCCCC. The van der Waals surface area contributed by atoms with E-state index < -0.39 is 6.10 Å². The molecule has 0 fully saturated rings. The number of hydrogen-bond acceptors (Lipinski definition) is 6. The molecule has 6 heteroatoms. The lowest BCUT2D eigenvalue weighted by atomic mass is 10.0. The van der Waals surface area contributed by atoms with Crippen LogP contribution < -0.4 is 0 Å². The molecule has 0 spiro atoms. The monoisotopic (exact) mass is 1060 g/mol. The molecule has 0 aliphatic carbocycles. The first-order valence-electron chi connectivity index (χ1n) is 33.6. The molecule has 1 atom stereocenters. The van der Waals surface area contributed by atoms with Gasteiger partial charge in [0.1, 0.15) is 13.2 Å². The van der Waals surface area contributed by atoms with E-state index in [2.05, 4.69) is 69.4 Å². The number of carbonyl (C=O) groups excluding carboxylic acids is 3. The van der Waals surface area contributed by atoms with Crippen molar-refractivity contribution in [2.24, 2.45) is 0 Å². The fraction of sp³-hybridized carbons (Fsp3) is 0.843. The predicted molar refractivity (Wildman–Crippen MR) is 330 cm³/mol. The first kappa shape index (κ1) is 73.4. The first-order valence-corrected chi connectivity index (χ1v) is 33.6. The maximum Gasteiger partial charge on any atom is 0.306 e. The molecule has 0 aromatic rings. The van der Waals surface area contributed by atoms with Crippen LogP contribution in [0.5, 0.6) is 0 Å². The van der Waals surface area contributed by atoms with E-state index in [4.69, 9.17) is 14.2 Å².